The quantitative estimate of drug-likeness (QED) is 0.227. The Kier molecular flexibility index (Phi) is 9.50. The predicted octanol–water partition coefficient (Wildman–Crippen LogP) is 10.7. The van der Waals surface area contributed by atoms with Gasteiger partial charge in [0.1, 0.15) is 23.3 Å². The van der Waals surface area contributed by atoms with E-state index in [1.807, 2.05) is 0 Å². The number of alkyl halides is 4. The Morgan fingerprint density at radius 3 is 1.53 bits per heavy atom. The smallest absolute Gasteiger partial charge is 0.422 e. The molecule has 3 aromatic carbocycles. The van der Waals surface area contributed by atoms with Gasteiger partial charge in [-0.2, -0.15) is 26.3 Å². The summed E-state index contributed by atoms with van der Waals surface area (Å²) in [5, 5.41) is 0. The van der Waals surface area contributed by atoms with E-state index in [1.165, 1.54) is 6.08 Å². The SMILES string of the molecule is FC(F)=CC1CCC(/C=C/c2cc(F)c(-c3cc(F)c(-c4cc(F)c(OC(F)(F)C(F)F)c(F)c4)c(F)c3)c(F)c2)CC1. The van der Waals surface area contributed by atoms with Crippen LogP contribution in [0.5, 0.6) is 5.75 Å². The molecule has 0 saturated heterocycles. The number of hydrogen-bond acceptors (Lipinski definition) is 1. The van der Waals surface area contributed by atoms with E-state index in [2.05, 4.69) is 4.74 Å². The van der Waals surface area contributed by atoms with Crippen LogP contribution in [-0.2, 0) is 0 Å². The van der Waals surface area contributed by atoms with Gasteiger partial charge < -0.3 is 4.74 Å². The molecule has 13 heteroatoms. The van der Waals surface area contributed by atoms with Crippen LogP contribution in [0.1, 0.15) is 31.2 Å². The van der Waals surface area contributed by atoms with E-state index in [0.29, 0.717) is 37.8 Å². The fraction of sp³-hybridized carbons (Fsp3) is 0.267. The van der Waals surface area contributed by atoms with Gasteiger partial charge in [0, 0.05) is 0 Å². The highest BCUT2D eigenvalue weighted by molar-refractivity contribution is 5.73. The largest absolute Gasteiger partial charge is 0.461 e. The molecule has 1 aliphatic rings. The molecule has 0 bridgehead atoms. The van der Waals surface area contributed by atoms with Crippen LogP contribution in [0.4, 0.5) is 52.7 Å². The molecule has 0 atom stereocenters. The van der Waals surface area contributed by atoms with E-state index in [9.17, 15) is 52.7 Å². The zero-order valence-electron chi connectivity index (χ0n) is 21.7. The van der Waals surface area contributed by atoms with Crippen molar-refractivity contribution in [1.29, 1.82) is 0 Å². The topological polar surface area (TPSA) is 9.23 Å². The fourth-order valence-corrected chi connectivity index (χ4v) is 4.87. The molecule has 1 aliphatic carbocycles. The van der Waals surface area contributed by atoms with Gasteiger partial charge in [-0.1, -0.05) is 12.2 Å². The second-order valence-electron chi connectivity index (χ2n) is 9.90. The molecule has 0 N–H and O–H groups in total. The summed E-state index contributed by atoms with van der Waals surface area (Å²) in [6.07, 6.45) is -5.20. The molecule has 1 nitrogen and oxygen atoms in total. The first-order valence-electron chi connectivity index (χ1n) is 12.7. The van der Waals surface area contributed by atoms with Crippen LogP contribution in [0, 0.1) is 46.7 Å². The van der Waals surface area contributed by atoms with E-state index < -0.39 is 81.5 Å². The maximum atomic E-state index is 15.0. The van der Waals surface area contributed by atoms with Crippen molar-refractivity contribution in [2.24, 2.45) is 11.8 Å². The van der Waals surface area contributed by atoms with Gasteiger partial charge in [0.15, 0.2) is 17.4 Å². The summed E-state index contributed by atoms with van der Waals surface area (Å²) in [4.78, 5) is 0. The van der Waals surface area contributed by atoms with Gasteiger partial charge in [-0.25, -0.2) is 26.3 Å². The van der Waals surface area contributed by atoms with Gasteiger partial charge in [-0.3, -0.25) is 0 Å². The highest BCUT2D eigenvalue weighted by Crippen LogP contribution is 2.38. The van der Waals surface area contributed by atoms with Gasteiger partial charge in [0.2, 0.25) is 0 Å². The molecule has 4 rings (SSSR count). The monoisotopic (exact) mass is 624 g/mol. The minimum Gasteiger partial charge on any atom is -0.422 e. The van der Waals surface area contributed by atoms with E-state index in [4.69, 9.17) is 0 Å². The third kappa shape index (κ3) is 7.37. The number of halogens is 12. The highest BCUT2D eigenvalue weighted by atomic mass is 19.3. The third-order valence-electron chi connectivity index (χ3n) is 6.91. The van der Waals surface area contributed by atoms with Gasteiger partial charge in [-0.15, -0.1) is 0 Å². The van der Waals surface area contributed by atoms with Crippen LogP contribution in [0.25, 0.3) is 28.3 Å². The van der Waals surface area contributed by atoms with Crippen molar-refractivity contribution < 1.29 is 57.4 Å². The zero-order valence-corrected chi connectivity index (χ0v) is 21.7. The lowest BCUT2D eigenvalue weighted by Gasteiger charge is -2.24. The van der Waals surface area contributed by atoms with Gasteiger partial charge in [0.25, 0.3) is 6.08 Å². The first-order valence-corrected chi connectivity index (χ1v) is 12.7. The number of ether oxygens (including phenoxy) is 1. The summed E-state index contributed by atoms with van der Waals surface area (Å²) in [7, 11) is 0. The van der Waals surface area contributed by atoms with Crippen LogP contribution >= 0.6 is 0 Å². The number of rotatable bonds is 8. The summed E-state index contributed by atoms with van der Waals surface area (Å²) >= 11 is 0. The Bertz CT molecular complexity index is 1480. The van der Waals surface area contributed by atoms with E-state index in [-0.39, 0.29) is 29.5 Å². The lowest BCUT2D eigenvalue weighted by Crippen LogP contribution is -2.34. The molecule has 0 unspecified atom stereocenters. The van der Waals surface area contributed by atoms with Crippen molar-refractivity contribution >= 4 is 6.08 Å². The van der Waals surface area contributed by atoms with E-state index >= 15 is 0 Å². The van der Waals surface area contributed by atoms with Crippen LogP contribution in [0.15, 0.2) is 54.6 Å². The van der Waals surface area contributed by atoms with Crippen molar-refractivity contribution in [3.8, 4) is 28.0 Å². The lowest BCUT2D eigenvalue weighted by atomic mass is 9.82. The van der Waals surface area contributed by atoms with Crippen molar-refractivity contribution in [2.75, 3.05) is 0 Å². The number of allylic oxidation sites excluding steroid dienone is 2. The lowest BCUT2D eigenvalue weighted by molar-refractivity contribution is -0.255. The second-order valence-corrected chi connectivity index (χ2v) is 9.90. The molecule has 0 aromatic heterocycles. The minimum absolute atomic E-state index is 0.00930. The zero-order chi connectivity index (χ0) is 31.6. The summed E-state index contributed by atoms with van der Waals surface area (Å²) in [5.41, 5.74) is -3.34. The molecule has 43 heavy (non-hydrogen) atoms. The summed E-state index contributed by atoms with van der Waals surface area (Å²) in [6.45, 7) is 0. The molecule has 1 saturated carbocycles. The molecule has 230 valence electrons. The first kappa shape index (κ1) is 32.0. The fourth-order valence-electron chi connectivity index (χ4n) is 4.87. The normalized spacial score (nSPS) is 17.5. The van der Waals surface area contributed by atoms with Crippen molar-refractivity contribution in [1.82, 2.24) is 0 Å². The van der Waals surface area contributed by atoms with E-state index in [0.717, 1.165) is 18.2 Å². The summed E-state index contributed by atoms with van der Waals surface area (Å²) < 4.78 is 167. The van der Waals surface area contributed by atoms with Crippen molar-refractivity contribution in [3.63, 3.8) is 0 Å². The third-order valence-corrected chi connectivity index (χ3v) is 6.91. The maximum Gasteiger partial charge on any atom is 0.461 e. The molecule has 0 spiro atoms. The van der Waals surface area contributed by atoms with Crippen LogP contribution in [0.2, 0.25) is 0 Å². The Labute approximate surface area is 237 Å². The Morgan fingerprint density at radius 2 is 1.09 bits per heavy atom. The number of hydrogen-bond donors (Lipinski definition) is 0. The van der Waals surface area contributed by atoms with E-state index in [1.54, 1.807) is 6.08 Å². The molecule has 3 aromatic rings. The van der Waals surface area contributed by atoms with Crippen molar-refractivity contribution in [3.05, 3.63) is 95.1 Å². The van der Waals surface area contributed by atoms with Gasteiger partial charge >= 0.3 is 12.5 Å². The molecular weight excluding hydrogens is 604 g/mol. The Hall–Kier alpha value is -3.90. The predicted molar refractivity (Wildman–Crippen MR) is 133 cm³/mol. The average Bonchev–Trinajstić information content (AvgIpc) is 2.89. The Balaban J connectivity index is 1.58. The average molecular weight is 624 g/mol. The first-order chi connectivity index (χ1) is 20.2. The highest BCUT2D eigenvalue weighted by Gasteiger charge is 2.45. The van der Waals surface area contributed by atoms with Crippen molar-refractivity contribution in [2.45, 2.75) is 38.2 Å². The maximum absolute atomic E-state index is 15.0. The molecule has 1 fully saturated rings. The summed E-state index contributed by atoms with van der Waals surface area (Å²) in [5.74, 6) is -11.6. The summed E-state index contributed by atoms with van der Waals surface area (Å²) in [6, 6.07) is 3.09. The van der Waals surface area contributed by atoms with Crippen LogP contribution in [-0.4, -0.2) is 12.5 Å². The van der Waals surface area contributed by atoms with Crippen LogP contribution < -0.4 is 4.74 Å². The standard InChI is InChI=1S/C30H20F12O/c31-19-7-16(6-3-14-1-4-15(5-2-14)9-25(37)38)8-20(32)26(19)17-10-21(33)27(22(34)11-17)18-12-23(35)28(24(36)13-18)43-30(41,42)29(39)40/h3,6-15,29H,1-2,4-5H2/b6-3+. The molecular formula is C30H20F12O. The van der Waals surface area contributed by atoms with Gasteiger partial charge in [-0.05, 0) is 96.7 Å². The van der Waals surface area contributed by atoms with Crippen LogP contribution in [0.3, 0.4) is 0 Å². The Morgan fingerprint density at radius 1 is 0.674 bits per heavy atom. The molecule has 0 heterocycles. The van der Waals surface area contributed by atoms with Gasteiger partial charge in [0.05, 0.1) is 11.1 Å². The minimum atomic E-state index is -5.27. The molecule has 0 aliphatic heterocycles. The second kappa shape index (κ2) is 12.8. The molecule has 0 amide bonds. The molecule has 0 radical (unpaired) electrons. The number of benzene rings is 3.